The number of amides is 2. The molecule has 0 radical (unpaired) electrons. The van der Waals surface area contributed by atoms with Crippen LogP contribution in [0.5, 0.6) is 0 Å². The third-order valence-electron chi connectivity index (χ3n) is 5.50. The van der Waals surface area contributed by atoms with Crippen molar-refractivity contribution in [3.63, 3.8) is 0 Å². The van der Waals surface area contributed by atoms with Gasteiger partial charge >= 0.3 is 6.03 Å². The molecule has 0 saturated carbocycles. The maximum atomic E-state index is 12.5. The van der Waals surface area contributed by atoms with Crippen LogP contribution < -0.4 is 26.6 Å². The molecule has 11 heteroatoms. The van der Waals surface area contributed by atoms with Gasteiger partial charge in [0, 0.05) is 24.8 Å². The quantitative estimate of drug-likeness (QED) is 0.337. The van der Waals surface area contributed by atoms with Crippen LogP contribution in [0.25, 0.3) is 0 Å². The van der Waals surface area contributed by atoms with E-state index in [0.29, 0.717) is 18.2 Å². The largest absolute Gasteiger partial charge is 0.370 e. The van der Waals surface area contributed by atoms with Crippen molar-refractivity contribution in [3.05, 3.63) is 53.5 Å². The Labute approximate surface area is 202 Å². The van der Waals surface area contributed by atoms with Crippen LogP contribution in [0, 0.1) is 13.8 Å². The van der Waals surface area contributed by atoms with Gasteiger partial charge in [-0.2, -0.15) is 4.37 Å². The number of nitrogens with zero attached hydrogens (tertiary/aromatic N) is 4. The van der Waals surface area contributed by atoms with E-state index in [1.165, 1.54) is 18.5 Å². The molecule has 6 N–H and O–H groups in total. The first kappa shape index (κ1) is 23.9. The number of rotatable bonds is 6. The van der Waals surface area contributed by atoms with Gasteiger partial charge in [-0.1, -0.05) is 17.7 Å². The summed E-state index contributed by atoms with van der Waals surface area (Å²) in [5.41, 5.74) is 7.28. The number of hydrogen-bond donors (Lipinski definition) is 5. The summed E-state index contributed by atoms with van der Waals surface area (Å²) in [5, 5.41) is 20.3. The smallest absolute Gasteiger partial charge is 0.319 e. The molecule has 1 fully saturated rings. The SMILES string of the molecule is Cc1ccc(NC(=O)N[C@@H]2CCCN(c3cnc(C(C)(N)O)c(Nc4cc(C)ns4)n3)C2)cc1. The minimum Gasteiger partial charge on any atom is -0.370 e. The number of aliphatic hydroxyl groups is 1. The summed E-state index contributed by atoms with van der Waals surface area (Å²) in [6.07, 6.45) is 3.37. The number of benzene rings is 1. The van der Waals surface area contributed by atoms with Crippen molar-refractivity contribution in [2.24, 2.45) is 5.73 Å². The summed E-state index contributed by atoms with van der Waals surface area (Å²) >= 11 is 1.29. The molecule has 180 valence electrons. The molecule has 0 bridgehead atoms. The second-order valence-electron chi connectivity index (χ2n) is 8.78. The summed E-state index contributed by atoms with van der Waals surface area (Å²) < 4.78 is 4.27. The molecule has 2 amide bonds. The van der Waals surface area contributed by atoms with E-state index in [1.54, 1.807) is 6.20 Å². The number of aryl methyl sites for hydroxylation is 2. The first-order chi connectivity index (χ1) is 16.2. The monoisotopic (exact) mass is 482 g/mol. The Morgan fingerprint density at radius 3 is 2.74 bits per heavy atom. The molecule has 1 aliphatic rings. The molecular formula is C23H30N8O2S. The van der Waals surface area contributed by atoms with Crippen LogP contribution in [0.3, 0.4) is 0 Å². The van der Waals surface area contributed by atoms with Crippen LogP contribution in [-0.4, -0.2) is 44.6 Å². The minimum atomic E-state index is -1.66. The molecule has 1 saturated heterocycles. The van der Waals surface area contributed by atoms with E-state index in [1.807, 2.05) is 44.2 Å². The van der Waals surface area contributed by atoms with Crippen LogP contribution in [0.1, 0.15) is 36.7 Å². The molecule has 3 heterocycles. The highest BCUT2D eigenvalue weighted by atomic mass is 32.1. The van der Waals surface area contributed by atoms with Gasteiger partial charge in [0.2, 0.25) is 0 Å². The third kappa shape index (κ3) is 5.99. The zero-order valence-electron chi connectivity index (χ0n) is 19.5. The lowest BCUT2D eigenvalue weighted by atomic mass is 10.1. The Kier molecular flexibility index (Phi) is 6.96. The molecule has 10 nitrogen and oxygen atoms in total. The molecule has 0 aliphatic carbocycles. The molecular weight excluding hydrogens is 452 g/mol. The molecule has 3 aromatic rings. The lowest BCUT2D eigenvalue weighted by Crippen LogP contribution is -2.49. The Balaban J connectivity index is 1.46. The van der Waals surface area contributed by atoms with E-state index >= 15 is 0 Å². The highest BCUT2D eigenvalue weighted by Crippen LogP contribution is 2.29. The number of urea groups is 1. The van der Waals surface area contributed by atoms with Crippen molar-refractivity contribution in [1.82, 2.24) is 19.7 Å². The first-order valence-corrected chi connectivity index (χ1v) is 11.9. The number of nitrogens with one attached hydrogen (secondary N) is 3. The highest BCUT2D eigenvalue weighted by molar-refractivity contribution is 7.10. The Bertz CT molecular complexity index is 1140. The van der Waals surface area contributed by atoms with Gasteiger partial charge < -0.3 is 26.0 Å². The number of carbonyl (C=O) groups is 1. The fourth-order valence-corrected chi connectivity index (χ4v) is 4.48. The van der Waals surface area contributed by atoms with Gasteiger partial charge in [0.1, 0.15) is 16.5 Å². The fourth-order valence-electron chi connectivity index (χ4n) is 3.82. The number of piperidine rings is 1. The Morgan fingerprint density at radius 1 is 1.29 bits per heavy atom. The first-order valence-electron chi connectivity index (χ1n) is 11.2. The summed E-state index contributed by atoms with van der Waals surface area (Å²) in [5.74, 6) is 1.02. The van der Waals surface area contributed by atoms with Gasteiger partial charge in [-0.3, -0.25) is 5.73 Å². The second-order valence-corrected chi connectivity index (χ2v) is 9.59. The molecule has 2 atom stereocenters. The molecule has 2 aromatic heterocycles. The maximum absolute atomic E-state index is 12.5. The van der Waals surface area contributed by atoms with E-state index < -0.39 is 5.72 Å². The normalized spacial score (nSPS) is 17.7. The van der Waals surface area contributed by atoms with E-state index in [9.17, 15) is 9.90 Å². The van der Waals surface area contributed by atoms with Gasteiger partial charge in [-0.05, 0) is 63.3 Å². The summed E-state index contributed by atoms with van der Waals surface area (Å²) in [6, 6.07) is 9.28. The number of anilines is 4. The minimum absolute atomic E-state index is 0.0427. The standard InChI is InChI=1S/C23H30N8O2S/c1-14-6-8-16(9-7-14)26-22(32)27-17-5-4-10-31(13-17)18-12-25-20(23(3,24)33)21(28-18)29-19-11-15(2)30-34-19/h6-9,11-12,17,33H,4-5,10,13,24H2,1-3H3,(H,28,29)(H2,26,27,32)/t17-,23?/m1/s1. The van der Waals surface area contributed by atoms with Crippen LogP contribution in [0.15, 0.2) is 36.5 Å². The highest BCUT2D eigenvalue weighted by Gasteiger charge is 2.27. The van der Waals surface area contributed by atoms with Crippen LogP contribution in [0.2, 0.25) is 0 Å². The second kappa shape index (κ2) is 9.92. The van der Waals surface area contributed by atoms with Crippen molar-refractivity contribution in [1.29, 1.82) is 0 Å². The van der Waals surface area contributed by atoms with Gasteiger partial charge in [-0.25, -0.2) is 14.8 Å². The summed E-state index contributed by atoms with van der Waals surface area (Å²) in [7, 11) is 0. The zero-order chi connectivity index (χ0) is 24.3. The van der Waals surface area contributed by atoms with Crippen LogP contribution >= 0.6 is 11.5 Å². The lowest BCUT2D eigenvalue weighted by Gasteiger charge is -2.34. The van der Waals surface area contributed by atoms with Crippen molar-refractivity contribution in [2.45, 2.75) is 45.4 Å². The van der Waals surface area contributed by atoms with Gasteiger partial charge in [-0.15, -0.1) is 0 Å². The molecule has 0 spiro atoms. The molecule has 4 rings (SSSR count). The van der Waals surface area contributed by atoms with E-state index in [2.05, 4.69) is 30.2 Å². The van der Waals surface area contributed by atoms with E-state index in [0.717, 1.165) is 41.3 Å². The fraction of sp³-hybridized carbons (Fsp3) is 0.391. The van der Waals surface area contributed by atoms with Crippen molar-refractivity contribution < 1.29 is 9.90 Å². The van der Waals surface area contributed by atoms with Gasteiger partial charge in [0.25, 0.3) is 0 Å². The number of hydrogen-bond acceptors (Lipinski definition) is 9. The molecule has 34 heavy (non-hydrogen) atoms. The Hall–Kier alpha value is -3.28. The van der Waals surface area contributed by atoms with Crippen molar-refractivity contribution in [2.75, 3.05) is 28.6 Å². The third-order valence-corrected chi connectivity index (χ3v) is 6.29. The lowest BCUT2D eigenvalue weighted by molar-refractivity contribution is 0.0605. The van der Waals surface area contributed by atoms with Crippen molar-refractivity contribution in [3.8, 4) is 0 Å². The summed E-state index contributed by atoms with van der Waals surface area (Å²) in [4.78, 5) is 23.7. The van der Waals surface area contributed by atoms with E-state index in [-0.39, 0.29) is 17.8 Å². The average molecular weight is 483 g/mol. The molecule has 1 aromatic carbocycles. The number of aromatic nitrogens is 3. The number of nitrogens with two attached hydrogens (primary N) is 1. The summed E-state index contributed by atoms with van der Waals surface area (Å²) in [6.45, 7) is 6.74. The maximum Gasteiger partial charge on any atom is 0.319 e. The van der Waals surface area contributed by atoms with Gasteiger partial charge in [0.05, 0.1) is 11.9 Å². The van der Waals surface area contributed by atoms with Gasteiger partial charge in [0.15, 0.2) is 11.5 Å². The average Bonchev–Trinajstić information content (AvgIpc) is 3.19. The Morgan fingerprint density at radius 2 is 2.06 bits per heavy atom. The van der Waals surface area contributed by atoms with Crippen LogP contribution in [0.4, 0.5) is 27.1 Å². The molecule has 1 unspecified atom stereocenters. The zero-order valence-corrected chi connectivity index (χ0v) is 20.3. The topological polar surface area (TPSA) is 141 Å². The number of carbonyl (C=O) groups excluding carboxylic acids is 1. The van der Waals surface area contributed by atoms with Crippen molar-refractivity contribution >= 4 is 39.9 Å². The molecule has 1 aliphatic heterocycles. The van der Waals surface area contributed by atoms with E-state index in [4.69, 9.17) is 10.7 Å². The van der Waals surface area contributed by atoms with Crippen LogP contribution in [-0.2, 0) is 5.72 Å². The predicted octanol–water partition coefficient (Wildman–Crippen LogP) is 3.21. The predicted molar refractivity (Wildman–Crippen MR) is 134 cm³/mol.